The molecule has 1 aliphatic heterocycles. The zero-order valence-electron chi connectivity index (χ0n) is 13.3. The minimum absolute atomic E-state index is 0.0255. The predicted molar refractivity (Wildman–Crippen MR) is 81.0 cm³/mol. The molecule has 0 amide bonds. The minimum atomic E-state index is -0.489. The lowest BCUT2D eigenvalue weighted by molar-refractivity contribution is -0.147. The Hall–Kier alpha value is -2.11. The normalized spacial score (nSPS) is 13.6. The summed E-state index contributed by atoms with van der Waals surface area (Å²) in [6.45, 7) is 10.6. The second kappa shape index (κ2) is 11.5. The Morgan fingerprint density at radius 1 is 1.00 bits per heavy atom. The topological polar surface area (TPSA) is 78.9 Å². The zero-order valence-corrected chi connectivity index (χ0v) is 13.3. The Kier molecular flexibility index (Phi) is 10.4. The van der Waals surface area contributed by atoms with Crippen molar-refractivity contribution in [2.75, 3.05) is 19.8 Å². The smallest absolute Gasteiger partial charge is 0.333 e. The van der Waals surface area contributed by atoms with E-state index in [1.807, 2.05) is 0 Å². The van der Waals surface area contributed by atoms with Gasteiger partial charge in [0.05, 0.1) is 6.61 Å². The van der Waals surface area contributed by atoms with Crippen molar-refractivity contribution in [2.24, 2.45) is 0 Å². The predicted octanol–water partition coefficient (Wildman–Crippen LogP) is 2.33. The summed E-state index contributed by atoms with van der Waals surface area (Å²) < 4.78 is 14.1. The van der Waals surface area contributed by atoms with Crippen molar-refractivity contribution in [3.8, 4) is 0 Å². The standard InChI is InChI=1S/C10H14O4.C6H10O2/c1-7(2)9(11)13-5-6-14-10(12)8(3)4;7-6-4-2-1-3-5-8-6/h1,3,5-6H2,2,4H3;1-5H2. The fraction of sp³-hybridized carbons (Fsp3) is 0.562. The number of hydrogen-bond donors (Lipinski definition) is 0. The molecule has 0 radical (unpaired) electrons. The molecule has 1 fully saturated rings. The number of carbonyl (C=O) groups excluding carboxylic acids is 3. The molecule has 1 aliphatic rings. The molecule has 1 rings (SSSR count). The van der Waals surface area contributed by atoms with Gasteiger partial charge in [-0.1, -0.05) is 13.2 Å². The van der Waals surface area contributed by atoms with Gasteiger partial charge in [0.2, 0.25) is 0 Å². The molecule has 22 heavy (non-hydrogen) atoms. The third-order valence-electron chi connectivity index (χ3n) is 2.53. The van der Waals surface area contributed by atoms with Gasteiger partial charge in [0.15, 0.2) is 0 Å². The quantitative estimate of drug-likeness (QED) is 0.335. The van der Waals surface area contributed by atoms with E-state index >= 15 is 0 Å². The van der Waals surface area contributed by atoms with E-state index in [-0.39, 0.29) is 19.2 Å². The molecular formula is C16H24O6. The van der Waals surface area contributed by atoms with Gasteiger partial charge >= 0.3 is 17.9 Å². The van der Waals surface area contributed by atoms with Crippen LogP contribution in [0.25, 0.3) is 0 Å². The van der Waals surface area contributed by atoms with Crippen molar-refractivity contribution in [3.63, 3.8) is 0 Å². The Balaban J connectivity index is 0.000000461. The Labute approximate surface area is 131 Å². The highest BCUT2D eigenvalue weighted by Crippen LogP contribution is 2.06. The van der Waals surface area contributed by atoms with E-state index in [0.29, 0.717) is 24.2 Å². The van der Waals surface area contributed by atoms with Crippen LogP contribution in [0.5, 0.6) is 0 Å². The third-order valence-corrected chi connectivity index (χ3v) is 2.53. The molecule has 6 heteroatoms. The molecule has 0 N–H and O–H groups in total. The van der Waals surface area contributed by atoms with Gasteiger partial charge in [0.25, 0.3) is 0 Å². The van der Waals surface area contributed by atoms with Crippen molar-refractivity contribution >= 4 is 17.9 Å². The lowest BCUT2D eigenvalue weighted by Gasteiger charge is -2.05. The molecule has 0 unspecified atom stereocenters. The van der Waals surface area contributed by atoms with Crippen LogP contribution in [0.2, 0.25) is 0 Å². The highest BCUT2D eigenvalue weighted by molar-refractivity contribution is 5.87. The number of esters is 3. The minimum Gasteiger partial charge on any atom is -0.466 e. The van der Waals surface area contributed by atoms with Gasteiger partial charge in [-0.15, -0.1) is 0 Å². The molecule has 1 saturated heterocycles. The van der Waals surface area contributed by atoms with Crippen LogP contribution in [0.1, 0.15) is 39.5 Å². The largest absolute Gasteiger partial charge is 0.466 e. The maximum Gasteiger partial charge on any atom is 0.333 e. The fourth-order valence-corrected chi connectivity index (χ4v) is 1.32. The molecule has 6 nitrogen and oxygen atoms in total. The van der Waals surface area contributed by atoms with Crippen molar-refractivity contribution in [1.82, 2.24) is 0 Å². The van der Waals surface area contributed by atoms with Gasteiger partial charge in [-0.25, -0.2) is 9.59 Å². The first-order valence-corrected chi connectivity index (χ1v) is 7.15. The molecular weight excluding hydrogens is 288 g/mol. The van der Waals surface area contributed by atoms with Crippen LogP contribution in [-0.4, -0.2) is 37.7 Å². The van der Waals surface area contributed by atoms with E-state index < -0.39 is 11.9 Å². The molecule has 0 bridgehead atoms. The molecule has 0 aromatic heterocycles. The molecule has 1 heterocycles. The van der Waals surface area contributed by atoms with Gasteiger partial charge in [0, 0.05) is 17.6 Å². The second-order valence-corrected chi connectivity index (χ2v) is 4.86. The van der Waals surface area contributed by atoms with E-state index in [1.54, 1.807) is 13.8 Å². The van der Waals surface area contributed by atoms with Gasteiger partial charge < -0.3 is 14.2 Å². The third kappa shape index (κ3) is 10.7. The lowest BCUT2D eigenvalue weighted by Crippen LogP contribution is -2.14. The fourth-order valence-electron chi connectivity index (χ4n) is 1.32. The summed E-state index contributed by atoms with van der Waals surface area (Å²) in [5.41, 5.74) is 0.632. The number of cyclic esters (lactones) is 1. The van der Waals surface area contributed by atoms with E-state index in [2.05, 4.69) is 22.6 Å². The molecule has 0 spiro atoms. The van der Waals surface area contributed by atoms with Crippen LogP contribution in [0.15, 0.2) is 24.3 Å². The molecule has 0 aliphatic carbocycles. The molecule has 0 aromatic carbocycles. The van der Waals surface area contributed by atoms with E-state index in [4.69, 9.17) is 4.74 Å². The lowest BCUT2D eigenvalue weighted by atomic mass is 10.2. The summed E-state index contributed by atoms with van der Waals surface area (Å²) in [6.07, 6.45) is 3.83. The van der Waals surface area contributed by atoms with Crippen LogP contribution in [-0.2, 0) is 28.6 Å². The van der Waals surface area contributed by atoms with E-state index in [9.17, 15) is 14.4 Å². The zero-order chi connectivity index (χ0) is 17.0. The van der Waals surface area contributed by atoms with Crippen molar-refractivity contribution in [1.29, 1.82) is 0 Å². The van der Waals surface area contributed by atoms with Gasteiger partial charge in [-0.2, -0.15) is 0 Å². The average molecular weight is 312 g/mol. The highest BCUT2D eigenvalue weighted by atomic mass is 16.6. The summed E-state index contributed by atoms with van der Waals surface area (Å²) in [5, 5.41) is 0. The first kappa shape index (κ1) is 19.9. The number of carbonyl (C=O) groups is 3. The number of ether oxygens (including phenoxy) is 3. The van der Waals surface area contributed by atoms with Crippen LogP contribution >= 0.6 is 0 Å². The van der Waals surface area contributed by atoms with Gasteiger partial charge in [0.1, 0.15) is 13.2 Å². The average Bonchev–Trinajstić information content (AvgIpc) is 2.71. The van der Waals surface area contributed by atoms with E-state index in [0.717, 1.165) is 19.3 Å². The summed E-state index contributed by atoms with van der Waals surface area (Å²) in [7, 11) is 0. The Morgan fingerprint density at radius 2 is 1.50 bits per heavy atom. The number of rotatable bonds is 5. The second-order valence-electron chi connectivity index (χ2n) is 4.86. The molecule has 0 atom stereocenters. The SMILES string of the molecule is C=C(C)C(=O)OCCOC(=O)C(=C)C.O=C1CCCCCO1. The highest BCUT2D eigenvalue weighted by Gasteiger charge is 2.06. The van der Waals surface area contributed by atoms with E-state index in [1.165, 1.54) is 0 Å². The van der Waals surface area contributed by atoms with Crippen molar-refractivity contribution in [2.45, 2.75) is 39.5 Å². The molecule has 124 valence electrons. The molecule has 0 aromatic rings. The first-order valence-electron chi connectivity index (χ1n) is 7.15. The Morgan fingerprint density at radius 3 is 1.95 bits per heavy atom. The van der Waals surface area contributed by atoms with Crippen LogP contribution in [0, 0.1) is 0 Å². The van der Waals surface area contributed by atoms with Crippen LogP contribution < -0.4 is 0 Å². The molecule has 0 saturated carbocycles. The summed E-state index contributed by atoms with van der Waals surface area (Å²) in [6, 6.07) is 0. The van der Waals surface area contributed by atoms with Crippen LogP contribution in [0.3, 0.4) is 0 Å². The van der Waals surface area contributed by atoms with Gasteiger partial charge in [-0.05, 0) is 33.1 Å². The van der Waals surface area contributed by atoms with Crippen LogP contribution in [0.4, 0.5) is 0 Å². The Bertz CT molecular complexity index is 386. The van der Waals surface area contributed by atoms with Gasteiger partial charge in [-0.3, -0.25) is 4.79 Å². The van der Waals surface area contributed by atoms with Crippen molar-refractivity contribution < 1.29 is 28.6 Å². The summed E-state index contributed by atoms with van der Waals surface area (Å²) >= 11 is 0. The first-order chi connectivity index (χ1) is 10.3. The van der Waals surface area contributed by atoms with Crippen molar-refractivity contribution in [3.05, 3.63) is 24.3 Å². The number of hydrogen-bond acceptors (Lipinski definition) is 6. The maximum absolute atomic E-state index is 10.8. The summed E-state index contributed by atoms with van der Waals surface area (Å²) in [5.74, 6) is -1.00. The monoisotopic (exact) mass is 312 g/mol. The maximum atomic E-state index is 10.8. The summed E-state index contributed by atoms with van der Waals surface area (Å²) in [4.78, 5) is 32.1.